The van der Waals surface area contributed by atoms with Gasteiger partial charge in [-0.05, 0) is 37.1 Å². The lowest BCUT2D eigenvalue weighted by Gasteiger charge is -2.13. The molecule has 2 N–H and O–H groups in total. The summed E-state index contributed by atoms with van der Waals surface area (Å²) in [5, 5.41) is 4.22. The zero-order chi connectivity index (χ0) is 11.4. The number of nitrogens with two attached hydrogens (primary N) is 1. The average molecular weight is 216 g/mol. The number of rotatable bonds is 4. The molecule has 0 aliphatic carbocycles. The van der Waals surface area contributed by atoms with Crippen LogP contribution in [0.3, 0.4) is 0 Å². The molecule has 1 atom stereocenters. The van der Waals surface area contributed by atoms with E-state index in [1.54, 1.807) is 18.6 Å². The van der Waals surface area contributed by atoms with E-state index in [0.29, 0.717) is 0 Å². The molecule has 0 saturated heterocycles. The summed E-state index contributed by atoms with van der Waals surface area (Å²) in [6.45, 7) is 2.92. The van der Waals surface area contributed by atoms with Gasteiger partial charge in [-0.3, -0.25) is 9.67 Å². The molecule has 0 radical (unpaired) electrons. The molecule has 2 heterocycles. The van der Waals surface area contributed by atoms with Gasteiger partial charge in [-0.2, -0.15) is 5.10 Å². The number of aromatic nitrogens is 3. The number of hydrogen-bond acceptors (Lipinski definition) is 3. The molecule has 0 bridgehead atoms. The quantitative estimate of drug-likeness (QED) is 0.843. The highest BCUT2D eigenvalue weighted by molar-refractivity contribution is 5.16. The Balaban J connectivity index is 2.11. The van der Waals surface area contributed by atoms with Gasteiger partial charge in [-0.25, -0.2) is 0 Å². The van der Waals surface area contributed by atoms with Crippen LogP contribution in [-0.2, 0) is 13.0 Å². The smallest absolute Gasteiger partial charge is 0.0554 e. The first-order valence-corrected chi connectivity index (χ1v) is 5.47. The maximum absolute atomic E-state index is 6.17. The predicted octanol–water partition coefficient (Wildman–Crippen LogP) is 1.54. The molecule has 2 aromatic rings. The van der Waals surface area contributed by atoms with Crippen molar-refractivity contribution in [3.8, 4) is 0 Å². The van der Waals surface area contributed by atoms with E-state index in [1.807, 2.05) is 22.9 Å². The van der Waals surface area contributed by atoms with Gasteiger partial charge in [0.25, 0.3) is 0 Å². The lowest BCUT2D eigenvalue weighted by molar-refractivity contribution is 0.568. The molecule has 0 aliphatic heterocycles. The molecule has 2 aromatic heterocycles. The molecule has 84 valence electrons. The second-order valence-electron chi connectivity index (χ2n) is 3.74. The average Bonchev–Trinajstić information content (AvgIpc) is 2.78. The Morgan fingerprint density at radius 2 is 2.00 bits per heavy atom. The largest absolute Gasteiger partial charge is 0.322 e. The van der Waals surface area contributed by atoms with Crippen molar-refractivity contribution in [2.45, 2.75) is 25.9 Å². The normalized spacial score (nSPS) is 12.6. The van der Waals surface area contributed by atoms with E-state index >= 15 is 0 Å². The molecular weight excluding hydrogens is 200 g/mol. The van der Waals surface area contributed by atoms with Crippen LogP contribution in [0.5, 0.6) is 0 Å². The first-order chi connectivity index (χ1) is 7.81. The Kier molecular flexibility index (Phi) is 3.31. The molecule has 1 unspecified atom stereocenters. The summed E-state index contributed by atoms with van der Waals surface area (Å²) < 4.78 is 1.94. The predicted molar refractivity (Wildman–Crippen MR) is 62.8 cm³/mol. The van der Waals surface area contributed by atoms with E-state index in [9.17, 15) is 0 Å². The monoisotopic (exact) mass is 216 g/mol. The van der Waals surface area contributed by atoms with Gasteiger partial charge in [0.1, 0.15) is 0 Å². The number of nitrogens with zero attached hydrogens (tertiary/aromatic N) is 3. The van der Waals surface area contributed by atoms with Crippen LogP contribution in [-0.4, -0.2) is 14.8 Å². The fourth-order valence-corrected chi connectivity index (χ4v) is 1.80. The third kappa shape index (κ3) is 2.28. The van der Waals surface area contributed by atoms with Crippen LogP contribution in [0.2, 0.25) is 0 Å². The summed E-state index contributed by atoms with van der Waals surface area (Å²) >= 11 is 0. The number of aryl methyl sites for hydroxylation is 1. The Hall–Kier alpha value is -1.68. The van der Waals surface area contributed by atoms with E-state index in [1.165, 1.54) is 5.56 Å². The van der Waals surface area contributed by atoms with Crippen LogP contribution in [0.1, 0.15) is 24.2 Å². The van der Waals surface area contributed by atoms with Crippen molar-refractivity contribution >= 4 is 0 Å². The molecule has 0 fully saturated rings. The van der Waals surface area contributed by atoms with Crippen molar-refractivity contribution in [1.29, 1.82) is 0 Å². The van der Waals surface area contributed by atoms with Crippen LogP contribution < -0.4 is 5.73 Å². The van der Waals surface area contributed by atoms with Crippen molar-refractivity contribution in [2.75, 3.05) is 0 Å². The fourth-order valence-electron chi connectivity index (χ4n) is 1.80. The summed E-state index contributed by atoms with van der Waals surface area (Å²) in [5.74, 6) is 0. The van der Waals surface area contributed by atoms with Gasteiger partial charge in [0.2, 0.25) is 0 Å². The van der Waals surface area contributed by atoms with Gasteiger partial charge < -0.3 is 5.73 Å². The Labute approximate surface area is 95.1 Å². The second-order valence-corrected chi connectivity index (χ2v) is 3.74. The van der Waals surface area contributed by atoms with Gasteiger partial charge in [0.15, 0.2) is 0 Å². The second kappa shape index (κ2) is 4.90. The highest BCUT2D eigenvalue weighted by atomic mass is 15.3. The lowest BCUT2D eigenvalue weighted by Crippen LogP contribution is -2.18. The zero-order valence-electron chi connectivity index (χ0n) is 9.37. The minimum Gasteiger partial charge on any atom is -0.322 e. The van der Waals surface area contributed by atoms with Crippen molar-refractivity contribution < 1.29 is 0 Å². The highest BCUT2D eigenvalue weighted by Crippen LogP contribution is 2.15. The van der Waals surface area contributed by atoms with Gasteiger partial charge in [-0.1, -0.05) is 0 Å². The molecule has 4 heteroatoms. The summed E-state index contributed by atoms with van der Waals surface area (Å²) in [5.41, 5.74) is 8.45. The third-order valence-electron chi connectivity index (χ3n) is 2.63. The number of hydrogen-bond donors (Lipinski definition) is 1. The molecule has 4 nitrogen and oxygen atoms in total. The minimum absolute atomic E-state index is 0.00940. The molecule has 2 rings (SSSR count). The summed E-state index contributed by atoms with van der Waals surface area (Å²) in [4.78, 5) is 3.99. The van der Waals surface area contributed by atoms with E-state index < -0.39 is 0 Å². The van der Waals surface area contributed by atoms with Crippen LogP contribution in [0.25, 0.3) is 0 Å². The molecular formula is C12H16N4. The molecule has 0 aliphatic rings. The standard InChI is InChI=1S/C12H16N4/c1-2-16-12(5-8-15-16)11(13)9-10-3-6-14-7-4-10/h3-8,11H,2,9,13H2,1H3. The van der Waals surface area contributed by atoms with Crippen molar-refractivity contribution in [1.82, 2.24) is 14.8 Å². The molecule has 0 spiro atoms. The Bertz CT molecular complexity index is 435. The van der Waals surface area contributed by atoms with E-state index in [4.69, 9.17) is 5.73 Å². The maximum atomic E-state index is 6.17. The topological polar surface area (TPSA) is 56.7 Å². The molecule has 16 heavy (non-hydrogen) atoms. The third-order valence-corrected chi connectivity index (χ3v) is 2.63. The van der Waals surface area contributed by atoms with Gasteiger partial charge >= 0.3 is 0 Å². The van der Waals surface area contributed by atoms with Gasteiger partial charge in [0.05, 0.1) is 11.7 Å². The Morgan fingerprint density at radius 1 is 1.25 bits per heavy atom. The maximum Gasteiger partial charge on any atom is 0.0554 e. The van der Waals surface area contributed by atoms with E-state index in [-0.39, 0.29) is 6.04 Å². The first-order valence-electron chi connectivity index (χ1n) is 5.47. The van der Waals surface area contributed by atoms with E-state index in [2.05, 4.69) is 17.0 Å². The van der Waals surface area contributed by atoms with Gasteiger partial charge in [0, 0.05) is 25.1 Å². The van der Waals surface area contributed by atoms with Crippen molar-refractivity contribution in [3.63, 3.8) is 0 Å². The summed E-state index contributed by atoms with van der Waals surface area (Å²) in [6.07, 6.45) is 6.19. The summed E-state index contributed by atoms with van der Waals surface area (Å²) in [6, 6.07) is 5.96. The van der Waals surface area contributed by atoms with Crippen LogP contribution in [0, 0.1) is 0 Å². The van der Waals surface area contributed by atoms with Gasteiger partial charge in [-0.15, -0.1) is 0 Å². The van der Waals surface area contributed by atoms with Crippen LogP contribution >= 0.6 is 0 Å². The fraction of sp³-hybridized carbons (Fsp3) is 0.333. The lowest BCUT2D eigenvalue weighted by atomic mass is 10.1. The zero-order valence-corrected chi connectivity index (χ0v) is 9.37. The van der Waals surface area contributed by atoms with Crippen molar-refractivity contribution in [3.05, 3.63) is 48.0 Å². The highest BCUT2D eigenvalue weighted by Gasteiger charge is 2.11. The molecule has 0 amide bonds. The molecule has 0 aromatic carbocycles. The SMILES string of the molecule is CCn1nccc1C(N)Cc1ccncc1. The molecule has 0 saturated carbocycles. The van der Waals surface area contributed by atoms with Crippen molar-refractivity contribution in [2.24, 2.45) is 5.73 Å². The summed E-state index contributed by atoms with van der Waals surface area (Å²) in [7, 11) is 0. The van der Waals surface area contributed by atoms with Crippen LogP contribution in [0.4, 0.5) is 0 Å². The Morgan fingerprint density at radius 3 is 2.69 bits per heavy atom. The van der Waals surface area contributed by atoms with E-state index in [0.717, 1.165) is 18.7 Å². The first kappa shape index (κ1) is 10.8. The minimum atomic E-state index is -0.00940. The number of pyridine rings is 1. The van der Waals surface area contributed by atoms with Crippen LogP contribution in [0.15, 0.2) is 36.8 Å².